The van der Waals surface area contributed by atoms with Crippen molar-refractivity contribution in [2.24, 2.45) is 0 Å². The van der Waals surface area contributed by atoms with Crippen molar-refractivity contribution in [2.45, 2.75) is 24.4 Å². The van der Waals surface area contributed by atoms with E-state index in [1.807, 2.05) is 36.4 Å². The Kier molecular flexibility index (Phi) is 6.12. The summed E-state index contributed by atoms with van der Waals surface area (Å²) in [7, 11) is -3.49. The van der Waals surface area contributed by atoms with Gasteiger partial charge in [0.2, 0.25) is 0 Å². The second-order valence-electron chi connectivity index (χ2n) is 7.32. The first-order valence-electron chi connectivity index (χ1n) is 9.77. The first-order chi connectivity index (χ1) is 14.0. The highest BCUT2D eigenvalue weighted by Crippen LogP contribution is 2.24. The lowest BCUT2D eigenvalue weighted by Crippen LogP contribution is -2.27. The van der Waals surface area contributed by atoms with Gasteiger partial charge in [0.05, 0.1) is 17.3 Å². The number of H-pyrrole nitrogens is 1. The van der Waals surface area contributed by atoms with Gasteiger partial charge in [-0.15, -0.1) is 0 Å². The Balaban J connectivity index is 1.26. The SMILES string of the molecule is CS(=O)(=O)Oc1ccc2c(c1)CCN(CCCSc1nc3ccccc3[nH]1)CC2. The van der Waals surface area contributed by atoms with Gasteiger partial charge in [0.1, 0.15) is 5.75 Å². The predicted molar refractivity (Wildman–Crippen MR) is 117 cm³/mol. The Morgan fingerprint density at radius 3 is 2.72 bits per heavy atom. The Hall–Kier alpha value is -2.03. The standard InChI is InChI=1S/C21H25N3O3S2/c1-29(25,26)27-18-8-7-16-9-12-24(13-10-17(16)15-18)11-4-14-28-21-22-19-5-2-3-6-20(19)23-21/h2-3,5-8,15H,4,9-14H2,1H3,(H,22,23). The maximum atomic E-state index is 11.3. The van der Waals surface area contributed by atoms with Crippen LogP contribution in [-0.2, 0) is 23.0 Å². The number of thioether (sulfide) groups is 1. The summed E-state index contributed by atoms with van der Waals surface area (Å²) in [4.78, 5) is 10.5. The van der Waals surface area contributed by atoms with Gasteiger partial charge in [-0.25, -0.2) is 4.98 Å². The fraction of sp³-hybridized carbons (Fsp3) is 0.381. The van der Waals surface area contributed by atoms with Crippen LogP contribution in [0.15, 0.2) is 47.6 Å². The maximum absolute atomic E-state index is 11.3. The Morgan fingerprint density at radius 1 is 1.14 bits per heavy atom. The number of aromatic amines is 1. The molecule has 0 radical (unpaired) electrons. The number of imidazole rings is 1. The smallest absolute Gasteiger partial charge is 0.306 e. The summed E-state index contributed by atoms with van der Waals surface area (Å²) >= 11 is 1.77. The topological polar surface area (TPSA) is 75.3 Å². The Labute approximate surface area is 175 Å². The monoisotopic (exact) mass is 431 g/mol. The molecule has 0 fully saturated rings. The molecule has 0 saturated heterocycles. The quantitative estimate of drug-likeness (QED) is 0.351. The summed E-state index contributed by atoms with van der Waals surface area (Å²) in [5.41, 5.74) is 4.56. The van der Waals surface area contributed by atoms with E-state index in [2.05, 4.69) is 14.9 Å². The molecule has 0 amide bonds. The van der Waals surface area contributed by atoms with E-state index in [-0.39, 0.29) is 0 Å². The van der Waals surface area contributed by atoms with E-state index in [0.717, 1.165) is 67.1 Å². The van der Waals surface area contributed by atoms with Crippen molar-refractivity contribution in [3.05, 3.63) is 53.6 Å². The molecule has 29 heavy (non-hydrogen) atoms. The average molecular weight is 432 g/mol. The lowest BCUT2D eigenvalue weighted by Gasteiger charge is -2.19. The fourth-order valence-electron chi connectivity index (χ4n) is 3.65. The van der Waals surface area contributed by atoms with Gasteiger partial charge in [0, 0.05) is 18.8 Å². The van der Waals surface area contributed by atoms with Crippen LogP contribution in [0, 0.1) is 0 Å². The number of nitrogens with one attached hydrogen (secondary N) is 1. The lowest BCUT2D eigenvalue weighted by molar-refractivity contribution is 0.289. The van der Waals surface area contributed by atoms with Crippen LogP contribution in [0.1, 0.15) is 17.5 Å². The van der Waals surface area contributed by atoms with Crippen LogP contribution >= 0.6 is 11.8 Å². The van der Waals surface area contributed by atoms with Crippen LogP contribution in [-0.4, -0.2) is 54.9 Å². The number of para-hydroxylation sites is 2. The van der Waals surface area contributed by atoms with Crippen molar-refractivity contribution in [3.8, 4) is 5.75 Å². The van der Waals surface area contributed by atoms with Gasteiger partial charge >= 0.3 is 10.1 Å². The second kappa shape index (κ2) is 8.77. The van der Waals surface area contributed by atoms with Gasteiger partial charge in [-0.3, -0.25) is 0 Å². The van der Waals surface area contributed by atoms with Gasteiger partial charge in [0.25, 0.3) is 0 Å². The van der Waals surface area contributed by atoms with E-state index in [1.165, 1.54) is 11.1 Å². The molecule has 1 aliphatic heterocycles. The number of benzene rings is 2. The third-order valence-electron chi connectivity index (χ3n) is 5.05. The van der Waals surface area contributed by atoms with E-state index in [4.69, 9.17) is 4.18 Å². The van der Waals surface area contributed by atoms with Crippen molar-refractivity contribution >= 4 is 32.9 Å². The molecule has 6 nitrogen and oxygen atoms in total. The van der Waals surface area contributed by atoms with Crippen molar-refractivity contribution < 1.29 is 12.6 Å². The summed E-state index contributed by atoms with van der Waals surface area (Å²) in [5.74, 6) is 1.43. The van der Waals surface area contributed by atoms with Crippen LogP contribution in [0.4, 0.5) is 0 Å². The molecule has 0 atom stereocenters. The van der Waals surface area contributed by atoms with Crippen LogP contribution in [0.2, 0.25) is 0 Å². The normalized spacial score (nSPS) is 15.2. The van der Waals surface area contributed by atoms with Crippen LogP contribution in [0.25, 0.3) is 11.0 Å². The highest BCUT2D eigenvalue weighted by Gasteiger charge is 2.15. The third-order valence-corrected chi connectivity index (χ3v) is 6.50. The zero-order valence-electron chi connectivity index (χ0n) is 16.4. The molecule has 0 aliphatic carbocycles. The molecular weight excluding hydrogens is 406 g/mol. The molecule has 8 heteroatoms. The Bertz CT molecular complexity index is 1060. The summed E-state index contributed by atoms with van der Waals surface area (Å²) in [5, 5.41) is 0.980. The number of aromatic nitrogens is 2. The molecule has 4 rings (SSSR count). The van der Waals surface area contributed by atoms with Crippen molar-refractivity contribution in [3.63, 3.8) is 0 Å². The predicted octanol–water partition coefficient (Wildman–Crippen LogP) is 3.48. The van der Waals surface area contributed by atoms with Gasteiger partial charge in [-0.2, -0.15) is 8.42 Å². The van der Waals surface area contributed by atoms with Gasteiger partial charge in [0.15, 0.2) is 5.16 Å². The minimum Gasteiger partial charge on any atom is -0.383 e. The molecule has 1 aromatic heterocycles. The van der Waals surface area contributed by atoms with Crippen molar-refractivity contribution in [1.29, 1.82) is 0 Å². The molecule has 1 aliphatic rings. The van der Waals surface area contributed by atoms with E-state index in [0.29, 0.717) is 5.75 Å². The Morgan fingerprint density at radius 2 is 1.93 bits per heavy atom. The van der Waals surface area contributed by atoms with E-state index in [9.17, 15) is 8.42 Å². The van der Waals surface area contributed by atoms with Crippen LogP contribution in [0.3, 0.4) is 0 Å². The van der Waals surface area contributed by atoms with Crippen molar-refractivity contribution in [1.82, 2.24) is 14.9 Å². The first-order valence-corrected chi connectivity index (χ1v) is 12.6. The molecular formula is C21H25N3O3S2. The largest absolute Gasteiger partial charge is 0.383 e. The van der Waals surface area contributed by atoms with Crippen LogP contribution < -0.4 is 4.18 Å². The third kappa shape index (κ3) is 5.52. The number of hydrogen-bond donors (Lipinski definition) is 1. The van der Waals surface area contributed by atoms with E-state index < -0.39 is 10.1 Å². The minimum absolute atomic E-state index is 0.405. The second-order valence-corrected chi connectivity index (χ2v) is 9.98. The highest BCUT2D eigenvalue weighted by molar-refractivity contribution is 7.99. The van der Waals surface area contributed by atoms with Crippen LogP contribution in [0.5, 0.6) is 5.75 Å². The molecule has 154 valence electrons. The van der Waals surface area contributed by atoms with Gasteiger partial charge in [-0.1, -0.05) is 30.0 Å². The summed E-state index contributed by atoms with van der Waals surface area (Å²) in [6.07, 6.45) is 4.06. The fourth-order valence-corrected chi connectivity index (χ4v) is 4.92. The molecule has 3 aromatic rings. The highest BCUT2D eigenvalue weighted by atomic mass is 32.2. The summed E-state index contributed by atoms with van der Waals surface area (Å²) in [6.45, 7) is 3.05. The first kappa shape index (κ1) is 20.3. The molecule has 0 saturated carbocycles. The molecule has 2 aromatic carbocycles. The average Bonchev–Trinajstić information content (AvgIpc) is 2.98. The molecule has 2 heterocycles. The zero-order chi connectivity index (χ0) is 20.3. The van der Waals surface area contributed by atoms with E-state index in [1.54, 1.807) is 17.8 Å². The number of hydrogen-bond acceptors (Lipinski definition) is 6. The molecule has 1 N–H and O–H groups in total. The molecule has 0 unspecified atom stereocenters. The summed E-state index contributed by atoms with van der Waals surface area (Å²) < 4.78 is 27.7. The minimum atomic E-state index is -3.49. The molecule has 0 bridgehead atoms. The number of fused-ring (bicyclic) bond motifs is 2. The van der Waals surface area contributed by atoms with Crippen molar-refractivity contribution in [2.75, 3.05) is 31.6 Å². The van der Waals surface area contributed by atoms with Gasteiger partial charge in [-0.05, 0) is 61.2 Å². The lowest BCUT2D eigenvalue weighted by atomic mass is 10.0. The maximum Gasteiger partial charge on any atom is 0.306 e. The van der Waals surface area contributed by atoms with Gasteiger partial charge < -0.3 is 14.1 Å². The number of nitrogens with zero attached hydrogens (tertiary/aromatic N) is 2. The van der Waals surface area contributed by atoms with E-state index >= 15 is 0 Å². The zero-order valence-corrected chi connectivity index (χ0v) is 18.1. The summed E-state index contributed by atoms with van der Waals surface area (Å²) in [6, 6.07) is 13.7. The number of rotatable bonds is 7. The molecule has 0 spiro atoms.